The van der Waals surface area contributed by atoms with Crippen molar-refractivity contribution >= 4 is 29.3 Å². The smallest absolute Gasteiger partial charge is 0.494 e. The van der Waals surface area contributed by atoms with E-state index >= 15 is 0 Å². The van der Waals surface area contributed by atoms with E-state index < -0.39 is 6.16 Å². The third kappa shape index (κ3) is 7.37. The molecule has 0 aliphatic heterocycles. The molecule has 0 bridgehead atoms. The summed E-state index contributed by atoms with van der Waals surface area (Å²) in [6, 6.07) is 20.3. The van der Waals surface area contributed by atoms with Crippen LogP contribution < -0.4 is 20.1 Å². The van der Waals surface area contributed by atoms with Gasteiger partial charge in [0.25, 0.3) is 5.91 Å². The number of hydrogen-bond acceptors (Lipinski definition) is 6. The molecular weight excluding hydrogens is 436 g/mol. The Hall–Kier alpha value is -4.33. The second kappa shape index (κ2) is 12.1. The van der Waals surface area contributed by atoms with Crippen LogP contribution in [-0.2, 0) is 16.0 Å². The summed E-state index contributed by atoms with van der Waals surface area (Å²) in [6.45, 7) is 4.40. The summed E-state index contributed by atoms with van der Waals surface area (Å²) in [5.41, 5.74) is 2.46. The molecule has 176 valence electrons. The fraction of sp³-hybridized carbons (Fsp3) is 0.192. The highest BCUT2D eigenvalue weighted by molar-refractivity contribution is 6.04. The molecule has 0 atom stereocenters. The van der Waals surface area contributed by atoms with Gasteiger partial charge in [-0.15, -0.1) is 0 Å². The quantitative estimate of drug-likeness (QED) is 0.341. The Morgan fingerprint density at radius 3 is 1.88 bits per heavy atom. The lowest BCUT2D eigenvalue weighted by molar-refractivity contribution is -0.115. The van der Waals surface area contributed by atoms with Crippen LogP contribution in [-0.4, -0.2) is 31.2 Å². The minimum atomic E-state index is -0.800. The van der Waals surface area contributed by atoms with Gasteiger partial charge in [-0.25, -0.2) is 4.79 Å². The van der Waals surface area contributed by atoms with Crippen LogP contribution >= 0.6 is 0 Å². The molecule has 8 heteroatoms. The highest BCUT2D eigenvalue weighted by Crippen LogP contribution is 2.18. The number of anilines is 2. The van der Waals surface area contributed by atoms with E-state index in [0.717, 1.165) is 11.3 Å². The van der Waals surface area contributed by atoms with E-state index in [1.807, 2.05) is 31.2 Å². The van der Waals surface area contributed by atoms with E-state index in [1.54, 1.807) is 43.3 Å². The zero-order chi connectivity index (χ0) is 24.3. The summed E-state index contributed by atoms with van der Waals surface area (Å²) in [6.07, 6.45) is -0.563. The topological polar surface area (TPSA) is 103 Å². The summed E-state index contributed by atoms with van der Waals surface area (Å²) in [5, 5.41) is 5.62. The second-order valence-corrected chi connectivity index (χ2v) is 7.14. The number of hydrogen-bond donors (Lipinski definition) is 2. The number of amides is 2. The molecule has 0 saturated carbocycles. The third-order valence-electron chi connectivity index (χ3n) is 4.61. The molecule has 0 unspecified atom stereocenters. The average Bonchev–Trinajstić information content (AvgIpc) is 2.82. The molecule has 2 N–H and O–H groups in total. The maximum absolute atomic E-state index is 12.5. The van der Waals surface area contributed by atoms with E-state index in [4.69, 9.17) is 14.2 Å². The van der Waals surface area contributed by atoms with Crippen molar-refractivity contribution in [2.45, 2.75) is 20.3 Å². The summed E-state index contributed by atoms with van der Waals surface area (Å²) in [5.74, 6) is 0.576. The lowest BCUT2D eigenvalue weighted by atomic mass is 10.1. The van der Waals surface area contributed by atoms with Crippen LogP contribution in [0.4, 0.5) is 16.2 Å². The molecule has 3 aromatic rings. The number of rotatable bonds is 9. The molecular formula is C26H26N2O6. The minimum Gasteiger partial charge on any atom is -0.494 e. The molecule has 0 spiro atoms. The largest absolute Gasteiger partial charge is 0.513 e. The Morgan fingerprint density at radius 2 is 1.29 bits per heavy atom. The maximum atomic E-state index is 12.5. The van der Waals surface area contributed by atoms with Gasteiger partial charge in [0.15, 0.2) is 0 Å². The van der Waals surface area contributed by atoms with Gasteiger partial charge in [-0.05, 0) is 80.1 Å². The molecule has 0 saturated heterocycles. The summed E-state index contributed by atoms with van der Waals surface area (Å²) in [4.78, 5) is 36.1. The Balaban J connectivity index is 1.50. The second-order valence-electron chi connectivity index (χ2n) is 7.14. The fourth-order valence-corrected chi connectivity index (χ4v) is 3.02. The van der Waals surface area contributed by atoms with Gasteiger partial charge < -0.3 is 24.8 Å². The van der Waals surface area contributed by atoms with E-state index in [2.05, 4.69) is 10.6 Å². The van der Waals surface area contributed by atoms with E-state index in [9.17, 15) is 14.4 Å². The number of ether oxygens (including phenoxy) is 3. The van der Waals surface area contributed by atoms with E-state index in [1.165, 1.54) is 12.1 Å². The Labute approximate surface area is 197 Å². The third-order valence-corrected chi connectivity index (χ3v) is 4.61. The van der Waals surface area contributed by atoms with Gasteiger partial charge in [0.2, 0.25) is 5.91 Å². The van der Waals surface area contributed by atoms with E-state index in [0.29, 0.717) is 23.5 Å². The Morgan fingerprint density at radius 1 is 0.706 bits per heavy atom. The van der Waals surface area contributed by atoms with Gasteiger partial charge in [0.05, 0.1) is 19.6 Å². The van der Waals surface area contributed by atoms with Crippen LogP contribution in [0.2, 0.25) is 0 Å². The predicted molar refractivity (Wildman–Crippen MR) is 128 cm³/mol. The molecule has 0 heterocycles. The first-order valence-electron chi connectivity index (χ1n) is 10.8. The van der Waals surface area contributed by atoms with Gasteiger partial charge in [-0.2, -0.15) is 0 Å². The zero-order valence-electron chi connectivity index (χ0n) is 19.0. The number of carbonyl (C=O) groups is 3. The SMILES string of the molecule is CCOC(=O)Oc1ccc(C(=O)Nc2ccc(NC(=O)Cc3ccc(OCC)cc3)cc2)cc1. The predicted octanol–water partition coefficient (Wildman–Crippen LogP) is 5.05. The fourth-order valence-electron chi connectivity index (χ4n) is 3.02. The molecule has 0 fully saturated rings. The Kier molecular flexibility index (Phi) is 8.62. The molecule has 3 rings (SSSR count). The first-order valence-corrected chi connectivity index (χ1v) is 10.8. The van der Waals surface area contributed by atoms with Gasteiger partial charge in [0, 0.05) is 16.9 Å². The summed E-state index contributed by atoms with van der Waals surface area (Å²) < 4.78 is 15.1. The first kappa shape index (κ1) is 24.3. The van der Waals surface area contributed by atoms with Gasteiger partial charge in [-0.3, -0.25) is 9.59 Å². The molecule has 0 radical (unpaired) electrons. The van der Waals surface area contributed by atoms with Crippen LogP contribution in [0, 0.1) is 0 Å². The summed E-state index contributed by atoms with van der Waals surface area (Å²) >= 11 is 0. The molecule has 0 aromatic heterocycles. The maximum Gasteiger partial charge on any atom is 0.513 e. The molecule has 0 aliphatic carbocycles. The Bertz CT molecular complexity index is 1110. The lowest BCUT2D eigenvalue weighted by Crippen LogP contribution is -2.15. The van der Waals surface area contributed by atoms with Crippen molar-refractivity contribution < 1.29 is 28.6 Å². The van der Waals surface area contributed by atoms with Crippen molar-refractivity contribution in [3.05, 3.63) is 83.9 Å². The highest BCUT2D eigenvalue weighted by atomic mass is 16.7. The molecule has 8 nitrogen and oxygen atoms in total. The van der Waals surface area contributed by atoms with Crippen LogP contribution in [0.5, 0.6) is 11.5 Å². The van der Waals surface area contributed by atoms with Crippen LogP contribution in [0.15, 0.2) is 72.8 Å². The van der Waals surface area contributed by atoms with Crippen molar-refractivity contribution in [2.75, 3.05) is 23.8 Å². The molecule has 2 amide bonds. The van der Waals surface area contributed by atoms with Gasteiger partial charge >= 0.3 is 6.16 Å². The van der Waals surface area contributed by atoms with Crippen molar-refractivity contribution in [1.82, 2.24) is 0 Å². The highest BCUT2D eigenvalue weighted by Gasteiger charge is 2.10. The number of nitrogens with one attached hydrogen (secondary N) is 2. The zero-order valence-corrected chi connectivity index (χ0v) is 19.0. The summed E-state index contributed by atoms with van der Waals surface area (Å²) in [7, 11) is 0. The first-order chi connectivity index (χ1) is 16.5. The number of benzene rings is 3. The van der Waals surface area contributed by atoms with Crippen molar-refractivity contribution in [3.63, 3.8) is 0 Å². The lowest BCUT2D eigenvalue weighted by Gasteiger charge is -2.09. The van der Waals surface area contributed by atoms with E-state index in [-0.39, 0.29) is 30.6 Å². The standard InChI is InChI=1S/C26H26N2O6/c1-3-32-22-13-5-18(6-14-22)17-24(29)27-20-9-11-21(12-10-20)28-25(30)19-7-15-23(16-8-19)34-26(31)33-4-2/h5-16H,3-4,17H2,1-2H3,(H,27,29)(H,28,30). The van der Waals surface area contributed by atoms with Crippen molar-refractivity contribution in [3.8, 4) is 11.5 Å². The van der Waals surface area contributed by atoms with Crippen LogP contribution in [0.3, 0.4) is 0 Å². The number of carbonyl (C=O) groups excluding carboxylic acids is 3. The van der Waals surface area contributed by atoms with Crippen molar-refractivity contribution in [2.24, 2.45) is 0 Å². The molecule has 0 aliphatic rings. The monoisotopic (exact) mass is 462 g/mol. The van der Waals surface area contributed by atoms with Crippen LogP contribution in [0.25, 0.3) is 0 Å². The molecule has 34 heavy (non-hydrogen) atoms. The average molecular weight is 463 g/mol. The molecule has 3 aromatic carbocycles. The van der Waals surface area contributed by atoms with Gasteiger partial charge in [0.1, 0.15) is 11.5 Å². The normalized spacial score (nSPS) is 10.2. The van der Waals surface area contributed by atoms with Crippen molar-refractivity contribution in [1.29, 1.82) is 0 Å². The minimum absolute atomic E-state index is 0.147. The van der Waals surface area contributed by atoms with Gasteiger partial charge in [-0.1, -0.05) is 12.1 Å². The van der Waals surface area contributed by atoms with Crippen LogP contribution in [0.1, 0.15) is 29.8 Å².